The topological polar surface area (TPSA) is 96.4 Å². The maximum Gasteiger partial charge on any atom is 0.236 e. The van der Waals surface area contributed by atoms with Crippen molar-refractivity contribution in [3.63, 3.8) is 0 Å². The van der Waals surface area contributed by atoms with Crippen molar-refractivity contribution in [2.75, 3.05) is 21.3 Å². The second kappa shape index (κ2) is 8.98. The SMILES string of the molecule is Cc1ccc(NS(=O)(=O)Cc2ccc(N3CCCS3(=O)=O)cc2)cc1-c1ccc2ccccc2n1. The molecule has 0 bridgehead atoms. The van der Waals surface area contributed by atoms with Gasteiger partial charge in [0.15, 0.2) is 0 Å². The van der Waals surface area contributed by atoms with Crippen LogP contribution in [0.4, 0.5) is 11.4 Å². The molecule has 9 heteroatoms. The van der Waals surface area contributed by atoms with Gasteiger partial charge in [-0.1, -0.05) is 42.5 Å². The molecule has 2 heterocycles. The van der Waals surface area contributed by atoms with Gasteiger partial charge in [-0.15, -0.1) is 0 Å². The number of benzene rings is 3. The average Bonchev–Trinajstić information content (AvgIpc) is 3.19. The van der Waals surface area contributed by atoms with E-state index in [0.717, 1.165) is 27.7 Å². The molecular weight excluding hydrogens is 482 g/mol. The lowest BCUT2D eigenvalue weighted by Crippen LogP contribution is -2.25. The van der Waals surface area contributed by atoms with Crippen LogP contribution in [0.2, 0.25) is 0 Å². The van der Waals surface area contributed by atoms with Crippen LogP contribution in [-0.2, 0) is 25.8 Å². The molecule has 7 nitrogen and oxygen atoms in total. The molecule has 0 radical (unpaired) electrons. The minimum Gasteiger partial charge on any atom is -0.283 e. The normalized spacial score (nSPS) is 15.4. The Morgan fingerprint density at radius 2 is 1.74 bits per heavy atom. The molecule has 0 atom stereocenters. The number of pyridine rings is 1. The van der Waals surface area contributed by atoms with Gasteiger partial charge in [-0.2, -0.15) is 0 Å². The predicted molar refractivity (Wildman–Crippen MR) is 140 cm³/mol. The molecule has 5 rings (SSSR count). The number of sulfonamides is 2. The molecule has 0 amide bonds. The van der Waals surface area contributed by atoms with Crippen LogP contribution in [-0.4, -0.2) is 34.1 Å². The van der Waals surface area contributed by atoms with Crippen LogP contribution in [0, 0.1) is 6.92 Å². The molecule has 0 saturated carbocycles. The predicted octanol–water partition coefficient (Wildman–Crippen LogP) is 4.69. The Bertz CT molecular complexity index is 1620. The van der Waals surface area contributed by atoms with Gasteiger partial charge in [-0.25, -0.2) is 21.8 Å². The van der Waals surface area contributed by atoms with Gasteiger partial charge >= 0.3 is 0 Å². The monoisotopic (exact) mass is 507 g/mol. The second-order valence-electron chi connectivity index (χ2n) is 8.69. The van der Waals surface area contributed by atoms with E-state index in [1.165, 1.54) is 4.31 Å². The zero-order valence-corrected chi connectivity index (χ0v) is 20.8. The van der Waals surface area contributed by atoms with Crippen molar-refractivity contribution in [1.82, 2.24) is 4.98 Å². The van der Waals surface area contributed by atoms with Crippen LogP contribution in [0.3, 0.4) is 0 Å². The number of aryl methyl sites for hydroxylation is 1. The highest BCUT2D eigenvalue weighted by Crippen LogP contribution is 2.28. The smallest absolute Gasteiger partial charge is 0.236 e. The molecule has 0 aliphatic carbocycles. The average molecular weight is 508 g/mol. The van der Waals surface area contributed by atoms with E-state index >= 15 is 0 Å². The molecule has 1 aromatic heterocycles. The van der Waals surface area contributed by atoms with Crippen LogP contribution in [0.15, 0.2) is 78.9 Å². The molecule has 1 fully saturated rings. The Balaban J connectivity index is 1.35. The number of aromatic nitrogens is 1. The molecule has 3 aromatic carbocycles. The van der Waals surface area contributed by atoms with E-state index in [0.29, 0.717) is 29.9 Å². The number of rotatable bonds is 6. The number of nitrogens with zero attached hydrogens (tertiary/aromatic N) is 2. The van der Waals surface area contributed by atoms with Gasteiger partial charge in [-0.05, 0) is 60.9 Å². The first-order valence-electron chi connectivity index (χ1n) is 11.3. The third-order valence-electron chi connectivity index (χ3n) is 6.07. The maximum atomic E-state index is 12.9. The Hall–Kier alpha value is -3.43. The molecule has 0 spiro atoms. The largest absolute Gasteiger partial charge is 0.283 e. The molecule has 1 aliphatic heterocycles. The summed E-state index contributed by atoms with van der Waals surface area (Å²) < 4.78 is 54.0. The fraction of sp³-hybridized carbons (Fsp3) is 0.192. The highest BCUT2D eigenvalue weighted by atomic mass is 32.2. The molecule has 1 N–H and O–H groups in total. The Morgan fingerprint density at radius 1 is 0.971 bits per heavy atom. The number of nitrogens with one attached hydrogen (secondary N) is 1. The Labute approximate surface area is 205 Å². The minimum atomic E-state index is -3.69. The summed E-state index contributed by atoms with van der Waals surface area (Å²) in [6.45, 7) is 2.41. The highest BCUT2D eigenvalue weighted by molar-refractivity contribution is 7.93. The third-order valence-corrected chi connectivity index (χ3v) is 9.20. The quantitative estimate of drug-likeness (QED) is 0.408. The molecular formula is C26H25N3O4S2. The second-order valence-corrected chi connectivity index (χ2v) is 12.4. The van der Waals surface area contributed by atoms with Gasteiger partial charge in [-0.3, -0.25) is 9.03 Å². The number of hydrogen-bond acceptors (Lipinski definition) is 5. The number of anilines is 2. The van der Waals surface area contributed by atoms with Crippen LogP contribution in [0.25, 0.3) is 22.2 Å². The molecule has 1 aliphatic rings. The number of fused-ring (bicyclic) bond motifs is 1. The van der Waals surface area contributed by atoms with E-state index in [9.17, 15) is 16.8 Å². The summed E-state index contributed by atoms with van der Waals surface area (Å²) >= 11 is 0. The Kier molecular flexibility index (Phi) is 5.98. The summed E-state index contributed by atoms with van der Waals surface area (Å²) in [4.78, 5) is 4.74. The summed E-state index contributed by atoms with van der Waals surface area (Å²) in [6, 6.07) is 23.8. The van der Waals surface area contributed by atoms with Crippen molar-refractivity contribution >= 4 is 42.3 Å². The van der Waals surface area contributed by atoms with Gasteiger partial charge in [0, 0.05) is 23.2 Å². The Morgan fingerprint density at radius 3 is 2.49 bits per heavy atom. The fourth-order valence-corrected chi connectivity index (χ4v) is 7.05. The third kappa shape index (κ3) is 5.01. The van der Waals surface area contributed by atoms with Crippen molar-refractivity contribution in [3.05, 3.63) is 90.0 Å². The summed E-state index contributed by atoms with van der Waals surface area (Å²) in [7, 11) is -6.97. The lowest BCUT2D eigenvalue weighted by atomic mass is 10.0. The van der Waals surface area contributed by atoms with E-state index in [4.69, 9.17) is 4.98 Å². The fourth-order valence-electron chi connectivity index (χ4n) is 4.30. The summed E-state index contributed by atoms with van der Waals surface area (Å²) in [5.74, 6) is -0.0855. The van der Waals surface area contributed by atoms with Crippen molar-refractivity contribution in [2.45, 2.75) is 19.1 Å². The minimum absolute atomic E-state index is 0.139. The van der Waals surface area contributed by atoms with Gasteiger partial charge in [0.1, 0.15) is 0 Å². The van der Waals surface area contributed by atoms with E-state index in [2.05, 4.69) is 4.72 Å². The molecule has 4 aromatic rings. The van der Waals surface area contributed by atoms with E-state index in [1.54, 1.807) is 36.4 Å². The highest BCUT2D eigenvalue weighted by Gasteiger charge is 2.28. The molecule has 0 unspecified atom stereocenters. The van der Waals surface area contributed by atoms with Crippen LogP contribution in [0.1, 0.15) is 17.5 Å². The number of hydrogen-bond donors (Lipinski definition) is 1. The van der Waals surface area contributed by atoms with Crippen molar-refractivity contribution in [2.24, 2.45) is 0 Å². The summed E-state index contributed by atoms with van der Waals surface area (Å²) in [5.41, 5.74) is 5.08. The summed E-state index contributed by atoms with van der Waals surface area (Å²) in [6.07, 6.45) is 0.593. The lowest BCUT2D eigenvalue weighted by molar-refractivity contribution is 0.598. The van der Waals surface area contributed by atoms with E-state index in [-0.39, 0.29) is 11.5 Å². The zero-order valence-electron chi connectivity index (χ0n) is 19.2. The van der Waals surface area contributed by atoms with E-state index in [1.807, 2.05) is 49.4 Å². The lowest BCUT2D eigenvalue weighted by Gasteiger charge is -2.17. The molecule has 1 saturated heterocycles. The van der Waals surface area contributed by atoms with Crippen molar-refractivity contribution < 1.29 is 16.8 Å². The first-order valence-corrected chi connectivity index (χ1v) is 14.5. The summed E-state index contributed by atoms with van der Waals surface area (Å²) in [5, 5.41) is 1.04. The van der Waals surface area contributed by atoms with E-state index < -0.39 is 20.0 Å². The standard InChI is InChI=1S/C26H25N3O4S2/c1-19-7-11-22(17-24(19)26-14-10-21-5-2-3-6-25(21)27-26)28-34(30,31)18-20-8-12-23(13-9-20)29-15-4-16-35(29,32)33/h2-3,5-14,17,28H,4,15-16,18H2,1H3. The van der Waals surface area contributed by atoms with Gasteiger partial charge in [0.05, 0.1) is 28.4 Å². The molecule has 35 heavy (non-hydrogen) atoms. The van der Waals surface area contributed by atoms with Gasteiger partial charge in [0.2, 0.25) is 20.0 Å². The van der Waals surface area contributed by atoms with Crippen molar-refractivity contribution in [1.29, 1.82) is 0 Å². The van der Waals surface area contributed by atoms with Crippen LogP contribution >= 0.6 is 0 Å². The van der Waals surface area contributed by atoms with Crippen molar-refractivity contribution in [3.8, 4) is 11.3 Å². The van der Waals surface area contributed by atoms with Gasteiger partial charge < -0.3 is 0 Å². The first kappa shape index (κ1) is 23.3. The zero-order chi connectivity index (χ0) is 24.6. The maximum absolute atomic E-state index is 12.9. The molecule has 180 valence electrons. The van der Waals surface area contributed by atoms with Crippen LogP contribution in [0.5, 0.6) is 0 Å². The van der Waals surface area contributed by atoms with Crippen LogP contribution < -0.4 is 9.03 Å². The van der Waals surface area contributed by atoms with Gasteiger partial charge in [0.25, 0.3) is 0 Å². The first-order chi connectivity index (χ1) is 16.7. The number of para-hydroxylation sites is 1.